The fraction of sp³-hybridized carbons (Fsp3) is 0.562. The molecule has 1 saturated carbocycles. The van der Waals surface area contributed by atoms with Gasteiger partial charge in [-0.05, 0) is 48.3 Å². The predicted molar refractivity (Wildman–Crippen MR) is 72.5 cm³/mol. The van der Waals surface area contributed by atoms with E-state index < -0.39 is 0 Å². The van der Waals surface area contributed by atoms with Crippen LogP contribution in [0.2, 0.25) is 0 Å². The Bertz CT molecular complexity index is 409. The summed E-state index contributed by atoms with van der Waals surface area (Å²) in [5.74, 6) is 3.13. The highest BCUT2D eigenvalue weighted by atomic mass is 14.9. The zero-order valence-corrected chi connectivity index (χ0v) is 10.7. The van der Waals surface area contributed by atoms with Crippen LogP contribution in [-0.2, 0) is 0 Å². The first-order valence-electron chi connectivity index (χ1n) is 6.84. The van der Waals surface area contributed by atoms with E-state index in [4.69, 9.17) is 4.99 Å². The lowest BCUT2D eigenvalue weighted by Crippen LogP contribution is -2.47. The third-order valence-electron chi connectivity index (χ3n) is 4.98. The lowest BCUT2D eigenvalue weighted by atomic mass is 9.60. The average Bonchev–Trinajstić information content (AvgIpc) is 2.59. The number of hydrogen-bond donors (Lipinski definition) is 0. The van der Waals surface area contributed by atoms with Crippen LogP contribution in [-0.4, -0.2) is 12.3 Å². The van der Waals surface area contributed by atoms with Gasteiger partial charge in [0.25, 0.3) is 0 Å². The van der Waals surface area contributed by atoms with Gasteiger partial charge in [-0.3, -0.25) is 4.99 Å². The van der Waals surface area contributed by atoms with Crippen LogP contribution in [0.1, 0.15) is 38.2 Å². The van der Waals surface area contributed by atoms with Gasteiger partial charge in [0.15, 0.2) is 0 Å². The molecule has 1 aromatic rings. The van der Waals surface area contributed by atoms with Gasteiger partial charge in [-0.25, -0.2) is 0 Å². The largest absolute Gasteiger partial charge is 0.294 e. The van der Waals surface area contributed by atoms with Gasteiger partial charge in [0.05, 0.1) is 6.04 Å². The molecule has 0 saturated heterocycles. The van der Waals surface area contributed by atoms with E-state index in [9.17, 15) is 0 Å². The first-order valence-corrected chi connectivity index (χ1v) is 6.84. The van der Waals surface area contributed by atoms with E-state index in [1.165, 1.54) is 12.0 Å². The Morgan fingerprint density at radius 2 is 1.82 bits per heavy atom. The van der Waals surface area contributed by atoms with Crippen molar-refractivity contribution < 1.29 is 0 Å². The van der Waals surface area contributed by atoms with Gasteiger partial charge in [0.2, 0.25) is 0 Å². The minimum Gasteiger partial charge on any atom is -0.294 e. The molecule has 17 heavy (non-hydrogen) atoms. The van der Waals surface area contributed by atoms with Crippen molar-refractivity contribution in [2.45, 2.75) is 38.6 Å². The topological polar surface area (TPSA) is 12.4 Å². The third kappa shape index (κ3) is 1.82. The molecular formula is C16H21N. The van der Waals surface area contributed by atoms with Gasteiger partial charge >= 0.3 is 0 Å². The summed E-state index contributed by atoms with van der Waals surface area (Å²) >= 11 is 0. The van der Waals surface area contributed by atoms with Crippen molar-refractivity contribution in [2.75, 3.05) is 0 Å². The Morgan fingerprint density at radius 1 is 1.06 bits per heavy atom. The van der Waals surface area contributed by atoms with E-state index in [1.54, 1.807) is 0 Å². The van der Waals surface area contributed by atoms with E-state index in [0.717, 1.165) is 24.2 Å². The molecule has 1 aliphatic carbocycles. The van der Waals surface area contributed by atoms with Gasteiger partial charge in [-0.15, -0.1) is 0 Å². The number of rotatable bonds is 1. The highest BCUT2D eigenvalue weighted by molar-refractivity contribution is 5.60. The molecule has 0 radical (unpaired) electrons. The maximum atomic E-state index is 4.77. The minimum absolute atomic E-state index is 0.610. The zero-order chi connectivity index (χ0) is 11.8. The van der Waals surface area contributed by atoms with Crippen LogP contribution in [0.25, 0.3) is 0 Å². The molecule has 1 aliphatic heterocycles. The quantitative estimate of drug-likeness (QED) is 0.690. The van der Waals surface area contributed by atoms with Crippen molar-refractivity contribution in [3.63, 3.8) is 0 Å². The molecule has 2 aliphatic rings. The second-order valence-corrected chi connectivity index (χ2v) is 5.78. The molecule has 0 amide bonds. The molecule has 1 aromatic carbocycles. The molecule has 1 heterocycles. The normalized spacial score (nSPS) is 40.2. The monoisotopic (exact) mass is 227 g/mol. The molecule has 3 rings (SSSR count). The fourth-order valence-electron chi connectivity index (χ4n) is 3.59. The highest BCUT2D eigenvalue weighted by Crippen LogP contribution is 2.48. The predicted octanol–water partition coefficient (Wildman–Crippen LogP) is 3.91. The van der Waals surface area contributed by atoms with Gasteiger partial charge in [-0.2, -0.15) is 0 Å². The number of nitrogens with zero attached hydrogens (tertiary/aromatic N) is 1. The summed E-state index contributed by atoms with van der Waals surface area (Å²) < 4.78 is 0. The smallest absolute Gasteiger partial charge is 0.0554 e. The lowest BCUT2D eigenvalue weighted by Gasteiger charge is -2.47. The lowest BCUT2D eigenvalue weighted by molar-refractivity contribution is 0.0574. The molecule has 5 atom stereocenters. The van der Waals surface area contributed by atoms with Crippen molar-refractivity contribution in [3.8, 4) is 0 Å². The summed E-state index contributed by atoms with van der Waals surface area (Å²) in [5.41, 5.74) is 1.49. The van der Waals surface area contributed by atoms with E-state index in [-0.39, 0.29) is 0 Å². The Morgan fingerprint density at radius 3 is 2.59 bits per heavy atom. The zero-order valence-electron chi connectivity index (χ0n) is 10.7. The third-order valence-corrected chi connectivity index (χ3v) is 4.98. The minimum atomic E-state index is 0.610. The van der Waals surface area contributed by atoms with E-state index in [0.29, 0.717) is 12.0 Å². The van der Waals surface area contributed by atoms with Crippen LogP contribution in [0.3, 0.4) is 0 Å². The van der Waals surface area contributed by atoms with Gasteiger partial charge in [-0.1, -0.05) is 44.2 Å². The van der Waals surface area contributed by atoms with Gasteiger partial charge in [0, 0.05) is 0 Å². The summed E-state index contributed by atoms with van der Waals surface area (Å²) in [6.45, 7) is 4.75. The molecule has 1 nitrogen and oxygen atoms in total. The van der Waals surface area contributed by atoms with Crippen LogP contribution in [0.4, 0.5) is 0 Å². The summed E-state index contributed by atoms with van der Waals surface area (Å²) in [6, 6.07) is 11.6. The first kappa shape index (κ1) is 11.0. The summed E-state index contributed by atoms with van der Waals surface area (Å²) in [5, 5.41) is 0. The van der Waals surface area contributed by atoms with Crippen molar-refractivity contribution >= 4 is 6.21 Å². The molecular weight excluding hydrogens is 206 g/mol. The molecule has 0 N–H and O–H groups in total. The van der Waals surface area contributed by atoms with E-state index >= 15 is 0 Å². The van der Waals surface area contributed by atoms with Crippen LogP contribution < -0.4 is 0 Å². The molecule has 0 spiro atoms. The van der Waals surface area contributed by atoms with Crippen molar-refractivity contribution in [1.29, 1.82) is 0 Å². The summed E-state index contributed by atoms with van der Waals surface area (Å²) in [6.07, 6.45) is 4.63. The molecule has 0 bridgehead atoms. The Labute approximate surface area is 104 Å². The van der Waals surface area contributed by atoms with Crippen molar-refractivity contribution in [3.05, 3.63) is 35.9 Å². The average molecular weight is 227 g/mol. The first-order chi connectivity index (χ1) is 8.27. The fourth-order valence-corrected chi connectivity index (χ4v) is 3.59. The molecule has 90 valence electrons. The van der Waals surface area contributed by atoms with Gasteiger partial charge in [0.1, 0.15) is 0 Å². The standard InChI is InChI=1S/C16H21N/c1-11-12(2)16-15(11)10-14(8-9-17-16)13-6-4-3-5-7-13/h3-7,9,11-12,14-16H,8,10H2,1-2H3. The molecule has 1 fully saturated rings. The Hall–Kier alpha value is -1.11. The Kier molecular flexibility index (Phi) is 2.78. The number of fused-ring (bicyclic) bond motifs is 1. The highest BCUT2D eigenvalue weighted by Gasteiger charge is 2.46. The second-order valence-electron chi connectivity index (χ2n) is 5.78. The number of hydrogen-bond acceptors (Lipinski definition) is 1. The van der Waals surface area contributed by atoms with Crippen LogP contribution in [0.5, 0.6) is 0 Å². The summed E-state index contributed by atoms with van der Waals surface area (Å²) in [7, 11) is 0. The maximum absolute atomic E-state index is 4.77. The Balaban J connectivity index is 1.80. The maximum Gasteiger partial charge on any atom is 0.0554 e. The van der Waals surface area contributed by atoms with Crippen LogP contribution in [0, 0.1) is 17.8 Å². The summed E-state index contributed by atoms with van der Waals surface area (Å²) in [4.78, 5) is 4.77. The van der Waals surface area contributed by atoms with E-state index in [1.807, 2.05) is 0 Å². The SMILES string of the molecule is CC1C(C)C2N=CCC(c3ccccc3)CC12. The molecule has 1 heteroatoms. The van der Waals surface area contributed by atoms with Crippen molar-refractivity contribution in [1.82, 2.24) is 0 Å². The van der Waals surface area contributed by atoms with Crippen LogP contribution >= 0.6 is 0 Å². The van der Waals surface area contributed by atoms with Crippen LogP contribution in [0.15, 0.2) is 35.3 Å². The number of aliphatic imine (C=N–C) groups is 1. The van der Waals surface area contributed by atoms with Crippen molar-refractivity contribution in [2.24, 2.45) is 22.7 Å². The molecule has 0 aromatic heterocycles. The second kappa shape index (κ2) is 4.29. The molecule has 5 unspecified atom stereocenters. The number of benzene rings is 1. The van der Waals surface area contributed by atoms with Gasteiger partial charge < -0.3 is 0 Å². The van der Waals surface area contributed by atoms with E-state index in [2.05, 4.69) is 50.4 Å².